The molecule has 8 heteroatoms. The van der Waals surface area contributed by atoms with Crippen molar-refractivity contribution in [3.05, 3.63) is 59.7 Å². The number of benzene rings is 2. The summed E-state index contributed by atoms with van der Waals surface area (Å²) >= 11 is 0. The Morgan fingerprint density at radius 2 is 0.840 bits per heavy atom. The summed E-state index contributed by atoms with van der Waals surface area (Å²) in [6.07, 6.45) is 1.25. The molecule has 25 heavy (non-hydrogen) atoms. The quantitative estimate of drug-likeness (QED) is 0.755. The fourth-order valence-corrected chi connectivity index (χ4v) is 2.38. The predicted molar refractivity (Wildman–Crippen MR) is 98.0 cm³/mol. The van der Waals surface area contributed by atoms with E-state index in [9.17, 15) is 16.8 Å². The Labute approximate surface area is 150 Å². The van der Waals surface area contributed by atoms with Gasteiger partial charge in [0.05, 0.1) is 9.79 Å². The van der Waals surface area contributed by atoms with Crippen LogP contribution in [0.1, 0.15) is 31.4 Å². The molecular formula is C17H24O6S2. The summed E-state index contributed by atoms with van der Waals surface area (Å²) in [5.41, 5.74) is 1.91. The molecule has 0 aliphatic carbocycles. The molecule has 0 saturated heterocycles. The van der Waals surface area contributed by atoms with Gasteiger partial charge in [0.25, 0.3) is 20.2 Å². The molecule has 6 nitrogen and oxygen atoms in total. The van der Waals surface area contributed by atoms with Crippen LogP contribution in [0.5, 0.6) is 0 Å². The molecule has 0 aliphatic heterocycles. The first-order chi connectivity index (χ1) is 11.4. The van der Waals surface area contributed by atoms with E-state index in [0.717, 1.165) is 11.1 Å². The van der Waals surface area contributed by atoms with Gasteiger partial charge in [-0.15, -0.1) is 0 Å². The smallest absolute Gasteiger partial charge is 0.282 e. The summed E-state index contributed by atoms with van der Waals surface area (Å²) < 4.78 is 59.1. The molecule has 0 fully saturated rings. The van der Waals surface area contributed by atoms with Crippen molar-refractivity contribution in [3.63, 3.8) is 0 Å². The number of rotatable bonds is 2. The van der Waals surface area contributed by atoms with Crippen molar-refractivity contribution in [1.82, 2.24) is 0 Å². The summed E-state index contributed by atoms with van der Waals surface area (Å²) in [7, 11) is -8.04. The minimum atomic E-state index is -4.02. The van der Waals surface area contributed by atoms with Crippen LogP contribution >= 0.6 is 0 Å². The molecule has 0 amide bonds. The summed E-state index contributed by atoms with van der Waals surface area (Å²) in [4.78, 5) is -0.133. The summed E-state index contributed by atoms with van der Waals surface area (Å²) in [6, 6.07) is 12.0. The maximum Gasteiger partial charge on any atom is 0.294 e. The zero-order chi connectivity index (χ0) is 19.7. The highest BCUT2D eigenvalue weighted by Gasteiger charge is 2.07. The van der Waals surface area contributed by atoms with Gasteiger partial charge in [0, 0.05) is 0 Å². The fraction of sp³-hybridized carbons (Fsp3) is 0.294. The second kappa shape index (κ2) is 10.3. The number of hydrogen-bond acceptors (Lipinski definition) is 4. The Hall–Kier alpha value is -1.74. The standard InChI is InChI=1S/2C7H8O3S.C3H8/c2*1-6-2-4-7(5-3-6)11(8,9)10;1-3-2/h2*2-5H,1H3,(H,8,9,10);3H2,1-2H3. The molecule has 140 valence electrons. The van der Waals surface area contributed by atoms with Gasteiger partial charge in [-0.05, 0) is 38.1 Å². The zero-order valence-corrected chi connectivity index (χ0v) is 16.3. The lowest BCUT2D eigenvalue weighted by molar-refractivity contribution is 0.481. The van der Waals surface area contributed by atoms with E-state index in [-0.39, 0.29) is 9.79 Å². The lowest BCUT2D eigenvalue weighted by atomic mass is 10.2. The van der Waals surface area contributed by atoms with Crippen molar-refractivity contribution in [2.24, 2.45) is 0 Å². The van der Waals surface area contributed by atoms with Crippen LogP contribution in [0.2, 0.25) is 0 Å². The van der Waals surface area contributed by atoms with E-state index in [4.69, 9.17) is 9.11 Å². The zero-order valence-electron chi connectivity index (χ0n) is 14.7. The highest BCUT2D eigenvalue weighted by atomic mass is 32.2. The molecule has 0 saturated carbocycles. The summed E-state index contributed by atoms with van der Waals surface area (Å²) in [5, 5.41) is 0. The second-order valence-corrected chi connectivity index (χ2v) is 8.13. The van der Waals surface area contributed by atoms with Gasteiger partial charge in [0.1, 0.15) is 0 Å². The SMILES string of the molecule is CCC.Cc1ccc(S(=O)(=O)O)cc1.Cc1ccc(S(=O)(=O)O)cc1. The highest BCUT2D eigenvalue weighted by Crippen LogP contribution is 2.09. The maximum atomic E-state index is 10.5. The van der Waals surface area contributed by atoms with Gasteiger partial charge in [-0.2, -0.15) is 16.8 Å². The van der Waals surface area contributed by atoms with Crippen LogP contribution in [-0.4, -0.2) is 25.9 Å². The van der Waals surface area contributed by atoms with Crippen LogP contribution in [0.3, 0.4) is 0 Å². The van der Waals surface area contributed by atoms with Crippen LogP contribution in [0.25, 0.3) is 0 Å². The lowest BCUT2D eigenvalue weighted by Crippen LogP contribution is -1.96. The van der Waals surface area contributed by atoms with Gasteiger partial charge in [0.2, 0.25) is 0 Å². The van der Waals surface area contributed by atoms with Crippen molar-refractivity contribution < 1.29 is 25.9 Å². The molecule has 0 bridgehead atoms. The molecule has 2 rings (SSSR count). The van der Waals surface area contributed by atoms with Crippen molar-refractivity contribution in [3.8, 4) is 0 Å². The van der Waals surface area contributed by atoms with Crippen LogP contribution in [0.15, 0.2) is 58.3 Å². The Kier molecular flexibility index (Phi) is 9.58. The molecule has 0 aromatic heterocycles. The molecule has 0 atom stereocenters. The van der Waals surface area contributed by atoms with E-state index >= 15 is 0 Å². The molecule has 0 radical (unpaired) electrons. The van der Waals surface area contributed by atoms with Crippen molar-refractivity contribution in [2.75, 3.05) is 0 Å². The van der Waals surface area contributed by atoms with Crippen molar-refractivity contribution in [2.45, 2.75) is 43.9 Å². The van der Waals surface area contributed by atoms with Crippen molar-refractivity contribution >= 4 is 20.2 Å². The Morgan fingerprint density at radius 1 is 0.640 bits per heavy atom. The Bertz CT molecular complexity index is 764. The van der Waals surface area contributed by atoms with E-state index < -0.39 is 20.2 Å². The normalized spacial score (nSPS) is 10.8. The molecular weight excluding hydrogens is 364 g/mol. The third-order valence-electron chi connectivity index (χ3n) is 2.64. The largest absolute Gasteiger partial charge is 0.294 e. The first-order valence-corrected chi connectivity index (χ1v) is 10.4. The van der Waals surface area contributed by atoms with Crippen LogP contribution in [0.4, 0.5) is 0 Å². The summed E-state index contributed by atoms with van der Waals surface area (Å²) in [5.74, 6) is 0. The van der Waals surface area contributed by atoms with E-state index in [1.807, 2.05) is 13.8 Å². The summed E-state index contributed by atoms with van der Waals surface area (Å²) in [6.45, 7) is 7.93. The molecule has 0 spiro atoms. The third-order valence-corrected chi connectivity index (χ3v) is 4.37. The van der Waals surface area contributed by atoms with Gasteiger partial charge < -0.3 is 0 Å². The van der Waals surface area contributed by atoms with E-state index in [2.05, 4.69) is 13.8 Å². The Balaban J connectivity index is 0.000000399. The molecule has 2 aromatic rings. The van der Waals surface area contributed by atoms with Gasteiger partial charge in [-0.3, -0.25) is 9.11 Å². The topological polar surface area (TPSA) is 109 Å². The van der Waals surface area contributed by atoms with E-state index in [1.165, 1.54) is 30.7 Å². The fourth-order valence-electron chi connectivity index (χ4n) is 1.42. The first kappa shape index (κ1) is 23.3. The lowest BCUT2D eigenvalue weighted by Gasteiger charge is -1.95. The predicted octanol–water partition coefficient (Wildman–Crippen LogP) is 3.90. The molecule has 0 heterocycles. The Morgan fingerprint density at radius 3 is 1.00 bits per heavy atom. The average molecular weight is 389 g/mol. The second-order valence-electron chi connectivity index (χ2n) is 5.28. The minimum absolute atomic E-state index is 0.0666. The van der Waals surface area contributed by atoms with Crippen LogP contribution in [-0.2, 0) is 20.2 Å². The molecule has 2 aromatic carbocycles. The average Bonchev–Trinajstić information content (AvgIpc) is 2.47. The van der Waals surface area contributed by atoms with Crippen molar-refractivity contribution in [1.29, 1.82) is 0 Å². The van der Waals surface area contributed by atoms with E-state index in [0.29, 0.717) is 0 Å². The van der Waals surface area contributed by atoms with Gasteiger partial charge >= 0.3 is 0 Å². The first-order valence-electron chi connectivity index (χ1n) is 7.50. The minimum Gasteiger partial charge on any atom is -0.282 e. The third kappa shape index (κ3) is 9.98. The van der Waals surface area contributed by atoms with Gasteiger partial charge in [-0.25, -0.2) is 0 Å². The molecule has 2 N–H and O–H groups in total. The monoisotopic (exact) mass is 388 g/mol. The maximum absolute atomic E-state index is 10.5. The number of aryl methyl sites for hydroxylation is 2. The van der Waals surface area contributed by atoms with Gasteiger partial charge in [-0.1, -0.05) is 55.7 Å². The highest BCUT2D eigenvalue weighted by molar-refractivity contribution is 7.86. The van der Waals surface area contributed by atoms with Gasteiger partial charge in [0.15, 0.2) is 0 Å². The number of hydrogen-bond donors (Lipinski definition) is 2. The van der Waals surface area contributed by atoms with E-state index in [1.54, 1.807) is 24.3 Å². The van der Waals surface area contributed by atoms with Crippen LogP contribution in [0, 0.1) is 13.8 Å². The van der Waals surface area contributed by atoms with Crippen LogP contribution < -0.4 is 0 Å². The molecule has 0 aliphatic rings. The molecule has 0 unspecified atom stereocenters.